The molecular weight excluding hydrogens is 380 g/mol. The van der Waals surface area contributed by atoms with Gasteiger partial charge in [0, 0.05) is 23.5 Å². The van der Waals surface area contributed by atoms with Crippen LogP contribution in [0.5, 0.6) is 5.75 Å². The number of hydrogen-bond acceptors (Lipinski definition) is 6. The van der Waals surface area contributed by atoms with Crippen LogP contribution in [0.4, 0.5) is 5.82 Å². The fourth-order valence-corrected chi connectivity index (χ4v) is 3.85. The predicted octanol–water partition coefficient (Wildman–Crippen LogP) is 3.21. The van der Waals surface area contributed by atoms with Crippen molar-refractivity contribution in [3.8, 4) is 23.0 Å². The number of hydrogen-bond donors (Lipinski definition) is 2. The number of phenolic OH excluding ortho intramolecular Hbond substituents is 1. The van der Waals surface area contributed by atoms with Crippen LogP contribution in [0.15, 0.2) is 60.8 Å². The van der Waals surface area contributed by atoms with Gasteiger partial charge >= 0.3 is 0 Å². The van der Waals surface area contributed by atoms with Crippen molar-refractivity contribution in [3.63, 3.8) is 0 Å². The van der Waals surface area contributed by atoms with E-state index < -0.39 is 0 Å². The van der Waals surface area contributed by atoms with Crippen molar-refractivity contribution in [1.29, 1.82) is 0 Å². The lowest BCUT2D eigenvalue weighted by atomic mass is 9.86. The van der Waals surface area contributed by atoms with Gasteiger partial charge in [-0.3, -0.25) is 4.79 Å². The van der Waals surface area contributed by atoms with E-state index in [1.807, 2.05) is 43.3 Å². The Morgan fingerprint density at radius 2 is 1.97 bits per heavy atom. The highest BCUT2D eigenvalue weighted by molar-refractivity contribution is 5.95. The summed E-state index contributed by atoms with van der Waals surface area (Å²) in [5.41, 5.74) is 4.06. The Morgan fingerprint density at radius 3 is 2.77 bits per heavy atom. The number of aryl methyl sites for hydroxylation is 1. The molecule has 8 heteroatoms. The van der Waals surface area contributed by atoms with Crippen molar-refractivity contribution < 1.29 is 9.90 Å². The maximum Gasteiger partial charge on any atom is 0.272 e. The highest BCUT2D eigenvalue weighted by Gasteiger charge is 2.33. The van der Waals surface area contributed by atoms with E-state index in [2.05, 4.69) is 25.6 Å². The van der Waals surface area contributed by atoms with Crippen LogP contribution in [0.3, 0.4) is 0 Å². The summed E-state index contributed by atoms with van der Waals surface area (Å²) in [5, 5.41) is 25.6. The number of rotatable bonds is 3. The molecule has 0 spiro atoms. The molecule has 148 valence electrons. The lowest BCUT2D eigenvalue weighted by molar-refractivity contribution is -0.116. The van der Waals surface area contributed by atoms with E-state index in [-0.39, 0.29) is 29.9 Å². The molecule has 1 amide bonds. The fourth-order valence-electron chi connectivity index (χ4n) is 3.85. The van der Waals surface area contributed by atoms with Crippen LogP contribution in [-0.4, -0.2) is 36.0 Å². The Labute approximate surface area is 172 Å². The van der Waals surface area contributed by atoms with Crippen molar-refractivity contribution in [2.75, 3.05) is 5.32 Å². The zero-order valence-corrected chi connectivity index (χ0v) is 16.1. The van der Waals surface area contributed by atoms with Gasteiger partial charge in [-0.05, 0) is 24.6 Å². The van der Waals surface area contributed by atoms with Gasteiger partial charge in [0.2, 0.25) is 5.91 Å². The van der Waals surface area contributed by atoms with E-state index in [0.717, 1.165) is 22.4 Å². The first-order valence-corrected chi connectivity index (χ1v) is 9.54. The maximum absolute atomic E-state index is 12.5. The lowest BCUT2D eigenvalue weighted by Crippen LogP contribution is -2.25. The van der Waals surface area contributed by atoms with Crippen molar-refractivity contribution in [3.05, 3.63) is 77.6 Å². The zero-order valence-electron chi connectivity index (χ0n) is 16.1. The first-order chi connectivity index (χ1) is 14.6. The van der Waals surface area contributed by atoms with Gasteiger partial charge in [-0.15, -0.1) is 5.10 Å². The van der Waals surface area contributed by atoms with Crippen LogP contribution in [0.1, 0.15) is 29.2 Å². The molecule has 2 aromatic heterocycles. The molecule has 0 saturated heterocycles. The number of aromatic nitrogens is 5. The number of anilines is 1. The van der Waals surface area contributed by atoms with E-state index in [1.165, 1.54) is 4.68 Å². The minimum Gasteiger partial charge on any atom is -0.508 e. The SMILES string of the molecule is Cc1nn(-c2nncc(-c3ccccc3)n2)c2c1[C@@H](c1cccc(O)c1)CC(=O)N2. The molecule has 1 aliphatic heterocycles. The molecule has 1 aliphatic rings. The Morgan fingerprint density at radius 1 is 1.13 bits per heavy atom. The molecule has 0 aliphatic carbocycles. The number of carbonyl (C=O) groups excluding carboxylic acids is 1. The topological polar surface area (TPSA) is 106 Å². The second-order valence-electron chi connectivity index (χ2n) is 7.17. The number of nitrogens with one attached hydrogen (secondary N) is 1. The van der Waals surface area contributed by atoms with Crippen LogP contribution in [0, 0.1) is 6.92 Å². The average molecular weight is 398 g/mol. The van der Waals surface area contributed by atoms with Gasteiger partial charge in [0.15, 0.2) is 0 Å². The summed E-state index contributed by atoms with van der Waals surface area (Å²) in [4.78, 5) is 17.1. The van der Waals surface area contributed by atoms with E-state index in [9.17, 15) is 9.90 Å². The molecule has 30 heavy (non-hydrogen) atoms. The molecule has 8 nitrogen and oxygen atoms in total. The number of phenols is 1. The molecule has 0 bridgehead atoms. The summed E-state index contributed by atoms with van der Waals surface area (Å²) >= 11 is 0. The standard InChI is InChI=1S/C22H18N6O2/c1-13-20-17(15-8-5-9-16(29)10-15)11-19(30)25-21(20)28(27-13)22-24-18(12-23-26-22)14-6-3-2-4-7-14/h2-10,12,17,29H,11H2,1H3,(H,25,30)/t17-/m1/s1. The Hall–Kier alpha value is -4.07. The molecule has 0 radical (unpaired) electrons. The molecule has 3 heterocycles. The highest BCUT2D eigenvalue weighted by atomic mass is 16.3. The molecule has 0 saturated carbocycles. The van der Waals surface area contributed by atoms with Gasteiger partial charge < -0.3 is 10.4 Å². The number of nitrogens with zero attached hydrogens (tertiary/aromatic N) is 5. The molecule has 1 atom stereocenters. The lowest BCUT2D eigenvalue weighted by Gasteiger charge is -2.24. The van der Waals surface area contributed by atoms with Gasteiger partial charge in [-0.25, -0.2) is 4.98 Å². The van der Waals surface area contributed by atoms with Crippen LogP contribution in [0.2, 0.25) is 0 Å². The van der Waals surface area contributed by atoms with Crippen LogP contribution in [-0.2, 0) is 4.79 Å². The van der Waals surface area contributed by atoms with Crippen molar-refractivity contribution in [2.24, 2.45) is 0 Å². The number of benzene rings is 2. The average Bonchev–Trinajstić information content (AvgIpc) is 3.10. The number of fused-ring (bicyclic) bond motifs is 1. The number of carbonyl (C=O) groups is 1. The first-order valence-electron chi connectivity index (χ1n) is 9.54. The molecule has 0 fully saturated rings. The molecule has 2 N–H and O–H groups in total. The Bertz CT molecular complexity index is 1250. The summed E-state index contributed by atoms with van der Waals surface area (Å²) < 4.78 is 1.52. The quantitative estimate of drug-likeness (QED) is 0.549. The maximum atomic E-state index is 12.5. The molecule has 0 unspecified atom stereocenters. The van der Waals surface area contributed by atoms with Crippen LogP contribution < -0.4 is 5.32 Å². The van der Waals surface area contributed by atoms with Gasteiger partial charge in [0.05, 0.1) is 17.6 Å². The summed E-state index contributed by atoms with van der Waals surface area (Å²) in [6, 6.07) is 16.6. The van der Waals surface area contributed by atoms with Crippen LogP contribution >= 0.6 is 0 Å². The molecule has 4 aromatic rings. The molecular formula is C22H18N6O2. The normalized spacial score (nSPS) is 15.5. The minimum atomic E-state index is -0.222. The van der Waals surface area contributed by atoms with E-state index in [1.54, 1.807) is 24.4 Å². The first kappa shape index (κ1) is 18.0. The van der Waals surface area contributed by atoms with E-state index >= 15 is 0 Å². The van der Waals surface area contributed by atoms with Gasteiger partial charge in [-0.1, -0.05) is 42.5 Å². The highest BCUT2D eigenvalue weighted by Crippen LogP contribution is 2.40. The Kier molecular flexibility index (Phi) is 4.24. The number of aromatic hydroxyl groups is 1. The van der Waals surface area contributed by atoms with Crippen LogP contribution in [0.25, 0.3) is 17.2 Å². The third-order valence-corrected chi connectivity index (χ3v) is 5.18. The smallest absolute Gasteiger partial charge is 0.272 e. The second-order valence-corrected chi connectivity index (χ2v) is 7.17. The molecule has 5 rings (SSSR count). The summed E-state index contributed by atoms with van der Waals surface area (Å²) in [6.07, 6.45) is 1.86. The Balaban J connectivity index is 1.63. The predicted molar refractivity (Wildman–Crippen MR) is 110 cm³/mol. The third kappa shape index (κ3) is 3.08. The summed E-state index contributed by atoms with van der Waals surface area (Å²) in [7, 11) is 0. The van der Waals surface area contributed by atoms with Crippen molar-refractivity contribution in [2.45, 2.75) is 19.3 Å². The van der Waals surface area contributed by atoms with E-state index in [0.29, 0.717) is 11.5 Å². The zero-order chi connectivity index (χ0) is 20.7. The molecule has 2 aromatic carbocycles. The van der Waals surface area contributed by atoms with Gasteiger partial charge in [0.25, 0.3) is 5.95 Å². The van der Waals surface area contributed by atoms with Crippen molar-refractivity contribution in [1.82, 2.24) is 25.0 Å². The van der Waals surface area contributed by atoms with E-state index in [4.69, 9.17) is 0 Å². The second kappa shape index (κ2) is 7.07. The van der Waals surface area contributed by atoms with Crippen molar-refractivity contribution >= 4 is 11.7 Å². The van der Waals surface area contributed by atoms with Gasteiger partial charge in [-0.2, -0.15) is 14.9 Å². The number of amides is 1. The monoisotopic (exact) mass is 398 g/mol. The summed E-state index contributed by atoms with van der Waals surface area (Å²) in [6.45, 7) is 1.89. The minimum absolute atomic E-state index is 0.135. The third-order valence-electron chi connectivity index (χ3n) is 5.18. The van der Waals surface area contributed by atoms with Gasteiger partial charge in [0.1, 0.15) is 11.6 Å². The summed E-state index contributed by atoms with van der Waals surface area (Å²) in [5.74, 6) is 0.610. The fraction of sp³-hybridized carbons (Fsp3) is 0.136. The largest absolute Gasteiger partial charge is 0.508 e.